The molecule has 4 heteroatoms. The maximum absolute atomic E-state index is 10.7. The quantitative estimate of drug-likeness (QED) is 0.481. The molecular weight excluding hydrogens is 120 g/mol. The highest BCUT2D eigenvalue weighted by Gasteiger charge is 2.30. The van der Waals surface area contributed by atoms with Crippen LogP contribution in [0.1, 0.15) is 0 Å². The van der Waals surface area contributed by atoms with Crippen LogP contribution in [0.15, 0.2) is 0 Å². The van der Waals surface area contributed by atoms with Gasteiger partial charge in [0.25, 0.3) is 0 Å². The van der Waals surface area contributed by atoms with Gasteiger partial charge in [0.15, 0.2) is 0 Å². The zero-order valence-electron chi connectivity index (χ0n) is 5.29. The Morgan fingerprint density at radius 1 is 1.78 bits per heavy atom. The number of hydrogen-bond donors (Lipinski definition) is 2. The van der Waals surface area contributed by atoms with Crippen LogP contribution in [0, 0.1) is 5.92 Å². The van der Waals surface area contributed by atoms with E-state index in [1.54, 1.807) is 7.05 Å². The van der Waals surface area contributed by atoms with Crippen molar-refractivity contribution in [2.24, 2.45) is 5.92 Å². The van der Waals surface area contributed by atoms with Crippen molar-refractivity contribution in [2.45, 2.75) is 0 Å². The Labute approximate surface area is 53.4 Å². The second-order valence-electron chi connectivity index (χ2n) is 2.18. The van der Waals surface area contributed by atoms with Crippen molar-refractivity contribution in [1.29, 1.82) is 0 Å². The molecule has 1 aliphatic heterocycles. The van der Waals surface area contributed by atoms with Crippen LogP contribution < -0.4 is 5.32 Å². The van der Waals surface area contributed by atoms with Gasteiger partial charge in [0.1, 0.15) is 0 Å². The monoisotopic (exact) mass is 130 g/mol. The van der Waals surface area contributed by atoms with Gasteiger partial charge in [-0.2, -0.15) is 5.06 Å². The summed E-state index contributed by atoms with van der Waals surface area (Å²) in [7, 11) is 1.60. The van der Waals surface area contributed by atoms with Gasteiger partial charge in [-0.1, -0.05) is 0 Å². The van der Waals surface area contributed by atoms with Crippen molar-refractivity contribution >= 4 is 5.91 Å². The summed E-state index contributed by atoms with van der Waals surface area (Å²) in [5.41, 5.74) is 0. The van der Waals surface area contributed by atoms with Crippen molar-refractivity contribution in [3.63, 3.8) is 0 Å². The molecular formula is C5H10N2O2. The van der Waals surface area contributed by atoms with Gasteiger partial charge in [-0.25, -0.2) is 0 Å². The van der Waals surface area contributed by atoms with Gasteiger partial charge in [-0.05, 0) is 0 Å². The number of nitrogens with one attached hydrogen (secondary N) is 1. The van der Waals surface area contributed by atoms with Crippen LogP contribution in [-0.4, -0.2) is 36.3 Å². The van der Waals surface area contributed by atoms with Crippen LogP contribution in [-0.2, 0) is 4.79 Å². The molecule has 1 fully saturated rings. The first-order valence-corrected chi connectivity index (χ1v) is 2.89. The zero-order chi connectivity index (χ0) is 6.85. The third kappa shape index (κ3) is 1.20. The van der Waals surface area contributed by atoms with Gasteiger partial charge < -0.3 is 10.5 Å². The Morgan fingerprint density at radius 3 is 2.67 bits per heavy atom. The number of amides is 1. The summed E-state index contributed by atoms with van der Waals surface area (Å²) in [4.78, 5) is 10.7. The Hall–Kier alpha value is -0.610. The number of nitrogens with zero attached hydrogens (tertiary/aromatic N) is 1. The van der Waals surface area contributed by atoms with Crippen LogP contribution in [0.25, 0.3) is 0 Å². The molecule has 0 radical (unpaired) electrons. The van der Waals surface area contributed by atoms with E-state index < -0.39 is 0 Å². The molecule has 0 aliphatic carbocycles. The van der Waals surface area contributed by atoms with Crippen molar-refractivity contribution in [2.75, 3.05) is 20.1 Å². The van der Waals surface area contributed by atoms with Gasteiger partial charge in [0, 0.05) is 20.1 Å². The Kier molecular flexibility index (Phi) is 1.68. The Morgan fingerprint density at radius 2 is 2.33 bits per heavy atom. The molecule has 2 N–H and O–H groups in total. The molecule has 0 spiro atoms. The molecule has 0 bridgehead atoms. The van der Waals surface area contributed by atoms with Crippen LogP contribution in [0.5, 0.6) is 0 Å². The van der Waals surface area contributed by atoms with Gasteiger partial charge in [0.2, 0.25) is 5.91 Å². The standard InChI is InChI=1S/C5H10N2O2/c1-6-5(8)4-2-7(9)3-4/h4,9H,2-3H2,1H3,(H,6,8). The number of rotatable bonds is 1. The van der Waals surface area contributed by atoms with Crippen LogP contribution >= 0.6 is 0 Å². The first kappa shape index (κ1) is 6.51. The summed E-state index contributed by atoms with van der Waals surface area (Å²) in [6.07, 6.45) is 0. The maximum Gasteiger partial charge on any atom is 0.225 e. The molecule has 0 aromatic carbocycles. The van der Waals surface area contributed by atoms with Crippen LogP contribution in [0.4, 0.5) is 0 Å². The zero-order valence-corrected chi connectivity index (χ0v) is 5.29. The van der Waals surface area contributed by atoms with Gasteiger partial charge in [0.05, 0.1) is 5.92 Å². The second kappa shape index (κ2) is 2.33. The average Bonchev–Trinajstić information content (AvgIpc) is 1.79. The number of hydroxylamine groups is 2. The fourth-order valence-corrected chi connectivity index (χ4v) is 0.825. The van der Waals surface area contributed by atoms with E-state index >= 15 is 0 Å². The molecule has 0 aromatic rings. The van der Waals surface area contributed by atoms with E-state index in [4.69, 9.17) is 5.21 Å². The summed E-state index contributed by atoms with van der Waals surface area (Å²) in [6, 6.07) is 0. The highest BCUT2D eigenvalue weighted by atomic mass is 16.5. The molecule has 4 nitrogen and oxygen atoms in total. The number of hydrogen-bond acceptors (Lipinski definition) is 3. The van der Waals surface area contributed by atoms with Crippen molar-refractivity contribution in [3.8, 4) is 0 Å². The first-order valence-electron chi connectivity index (χ1n) is 2.89. The maximum atomic E-state index is 10.7. The smallest absolute Gasteiger partial charge is 0.225 e. The van der Waals surface area contributed by atoms with E-state index in [-0.39, 0.29) is 11.8 Å². The molecule has 1 rings (SSSR count). The number of carbonyl (C=O) groups is 1. The second-order valence-corrected chi connectivity index (χ2v) is 2.18. The highest BCUT2D eigenvalue weighted by molar-refractivity contribution is 5.79. The molecule has 9 heavy (non-hydrogen) atoms. The molecule has 0 saturated carbocycles. The normalized spacial score (nSPS) is 21.1. The largest absolute Gasteiger partial charge is 0.359 e. The minimum absolute atomic E-state index is 0.000000000000000444. The molecule has 1 amide bonds. The average molecular weight is 130 g/mol. The van der Waals surface area contributed by atoms with Gasteiger partial charge >= 0.3 is 0 Å². The topological polar surface area (TPSA) is 52.6 Å². The van der Waals surface area contributed by atoms with E-state index in [1.807, 2.05) is 0 Å². The molecule has 1 aliphatic rings. The lowest BCUT2D eigenvalue weighted by Gasteiger charge is -2.32. The lowest BCUT2D eigenvalue weighted by atomic mass is 10.0. The summed E-state index contributed by atoms with van der Waals surface area (Å²) >= 11 is 0. The minimum Gasteiger partial charge on any atom is -0.359 e. The summed E-state index contributed by atoms with van der Waals surface area (Å²) in [6.45, 7) is 0.944. The molecule has 52 valence electrons. The fourth-order valence-electron chi connectivity index (χ4n) is 0.825. The highest BCUT2D eigenvalue weighted by Crippen LogP contribution is 2.11. The first-order chi connectivity index (χ1) is 4.24. The van der Waals surface area contributed by atoms with E-state index in [1.165, 1.54) is 0 Å². The fraction of sp³-hybridized carbons (Fsp3) is 0.800. The summed E-state index contributed by atoms with van der Waals surface area (Å²) in [5, 5.41) is 12.3. The van der Waals surface area contributed by atoms with E-state index in [2.05, 4.69) is 5.32 Å². The minimum atomic E-state index is -0.000000000000000444. The van der Waals surface area contributed by atoms with Crippen LogP contribution in [0.2, 0.25) is 0 Å². The predicted octanol–water partition coefficient (Wildman–Crippen LogP) is -0.947. The lowest BCUT2D eigenvalue weighted by Crippen LogP contribution is -2.51. The SMILES string of the molecule is CNC(=O)C1CN(O)C1. The lowest BCUT2D eigenvalue weighted by molar-refractivity contribution is -0.177. The summed E-state index contributed by atoms with van der Waals surface area (Å²) in [5.74, 6) is 0.0142. The van der Waals surface area contributed by atoms with Crippen LogP contribution in [0.3, 0.4) is 0 Å². The summed E-state index contributed by atoms with van der Waals surface area (Å²) < 4.78 is 0. The van der Waals surface area contributed by atoms with Crippen molar-refractivity contribution in [1.82, 2.24) is 10.4 Å². The van der Waals surface area contributed by atoms with Crippen molar-refractivity contribution < 1.29 is 10.0 Å². The molecule has 0 unspecified atom stereocenters. The third-order valence-corrected chi connectivity index (χ3v) is 1.48. The van der Waals surface area contributed by atoms with Gasteiger partial charge in [-0.3, -0.25) is 4.79 Å². The van der Waals surface area contributed by atoms with E-state index in [0.29, 0.717) is 13.1 Å². The molecule has 1 saturated heterocycles. The molecule has 0 atom stereocenters. The van der Waals surface area contributed by atoms with E-state index in [0.717, 1.165) is 5.06 Å². The van der Waals surface area contributed by atoms with Crippen molar-refractivity contribution in [3.05, 3.63) is 0 Å². The third-order valence-electron chi connectivity index (χ3n) is 1.48. The molecule has 0 aromatic heterocycles. The predicted molar refractivity (Wildman–Crippen MR) is 30.9 cm³/mol. The Balaban J connectivity index is 2.23. The molecule has 1 heterocycles. The Bertz CT molecular complexity index is 120. The number of carbonyl (C=O) groups excluding carboxylic acids is 1. The van der Waals surface area contributed by atoms with Gasteiger partial charge in [-0.15, -0.1) is 0 Å². The van der Waals surface area contributed by atoms with E-state index in [9.17, 15) is 4.79 Å².